The molecule has 1 aromatic heterocycles. The molecule has 0 spiro atoms. The number of carbonyl (C=O) groups is 2. The molecular formula is C28H37NO5. The molecule has 6 heteroatoms. The van der Waals surface area contributed by atoms with Crippen molar-refractivity contribution in [1.82, 2.24) is 4.98 Å². The fraction of sp³-hybridized carbons (Fsp3) is 0.464. The molecular weight excluding hydrogens is 430 g/mol. The molecule has 0 radical (unpaired) electrons. The van der Waals surface area contributed by atoms with Gasteiger partial charge >= 0.3 is 5.97 Å². The van der Waals surface area contributed by atoms with Crippen LogP contribution >= 0.6 is 0 Å². The quantitative estimate of drug-likeness (QED) is 0.154. The van der Waals surface area contributed by atoms with Gasteiger partial charge in [0.15, 0.2) is 17.3 Å². The van der Waals surface area contributed by atoms with Gasteiger partial charge in [-0.3, -0.25) is 14.6 Å². The van der Waals surface area contributed by atoms with E-state index in [0.29, 0.717) is 49.9 Å². The Morgan fingerprint density at radius 3 is 2.47 bits per heavy atom. The molecule has 0 atom stereocenters. The molecule has 0 N–H and O–H groups in total. The first-order valence-corrected chi connectivity index (χ1v) is 12.3. The Balaban J connectivity index is 1.95. The first kappa shape index (κ1) is 27.1. The van der Waals surface area contributed by atoms with Gasteiger partial charge in [0.1, 0.15) is 6.61 Å². The molecule has 1 heterocycles. The van der Waals surface area contributed by atoms with Gasteiger partial charge in [-0.15, -0.1) is 0 Å². The monoisotopic (exact) mass is 467 g/mol. The molecule has 184 valence electrons. The Morgan fingerprint density at radius 1 is 0.912 bits per heavy atom. The van der Waals surface area contributed by atoms with E-state index in [1.807, 2.05) is 37.3 Å². The van der Waals surface area contributed by atoms with Gasteiger partial charge in [-0.05, 0) is 50.3 Å². The van der Waals surface area contributed by atoms with Crippen molar-refractivity contribution >= 4 is 17.8 Å². The van der Waals surface area contributed by atoms with E-state index in [1.54, 1.807) is 24.4 Å². The number of unbranched alkanes of at least 4 members (excludes halogenated alkanes) is 4. The van der Waals surface area contributed by atoms with E-state index >= 15 is 0 Å². The summed E-state index contributed by atoms with van der Waals surface area (Å²) in [5.74, 6) is 1.09. The van der Waals surface area contributed by atoms with Crippen LogP contribution in [-0.4, -0.2) is 30.0 Å². The number of ether oxygens (including phenoxy) is 3. The fourth-order valence-electron chi connectivity index (χ4n) is 3.26. The van der Waals surface area contributed by atoms with Crippen molar-refractivity contribution in [2.24, 2.45) is 0 Å². The standard InChI is InChI=1S/C28H37NO5/c1-3-5-8-15-25(30)18-17-24-20-26(33-19-12-7-11-16-28(31)32-4-2)27(21-29-24)34-22-23-13-9-6-10-14-23/h6,9-10,13-14,17-18,20-21H,3-5,7-8,11-12,15-16,19,22H2,1-2H3. The van der Waals surface area contributed by atoms with Crippen LogP contribution in [0.4, 0.5) is 0 Å². The number of hydrogen-bond acceptors (Lipinski definition) is 6. The molecule has 6 nitrogen and oxygen atoms in total. The van der Waals surface area contributed by atoms with E-state index in [-0.39, 0.29) is 11.8 Å². The van der Waals surface area contributed by atoms with Crippen molar-refractivity contribution in [3.05, 3.63) is 59.9 Å². The summed E-state index contributed by atoms with van der Waals surface area (Å²) >= 11 is 0. The number of hydrogen-bond donors (Lipinski definition) is 0. The summed E-state index contributed by atoms with van der Waals surface area (Å²) < 4.78 is 16.9. The summed E-state index contributed by atoms with van der Waals surface area (Å²) in [6.07, 6.45) is 11.4. The lowest BCUT2D eigenvalue weighted by Crippen LogP contribution is -2.05. The second kappa shape index (κ2) is 16.5. The number of aromatic nitrogens is 1. The first-order chi connectivity index (χ1) is 16.6. The van der Waals surface area contributed by atoms with E-state index < -0.39 is 0 Å². The first-order valence-electron chi connectivity index (χ1n) is 12.3. The lowest BCUT2D eigenvalue weighted by Gasteiger charge is -2.13. The maximum absolute atomic E-state index is 12.1. The van der Waals surface area contributed by atoms with E-state index in [0.717, 1.165) is 44.1 Å². The molecule has 0 aliphatic carbocycles. The topological polar surface area (TPSA) is 74.7 Å². The van der Waals surface area contributed by atoms with Crippen molar-refractivity contribution in [3.8, 4) is 11.5 Å². The number of rotatable bonds is 17. The van der Waals surface area contributed by atoms with Crippen LogP contribution in [0.1, 0.15) is 76.5 Å². The van der Waals surface area contributed by atoms with E-state index in [2.05, 4.69) is 11.9 Å². The zero-order valence-electron chi connectivity index (χ0n) is 20.5. The fourth-order valence-corrected chi connectivity index (χ4v) is 3.26. The molecule has 2 rings (SSSR count). The number of benzene rings is 1. The van der Waals surface area contributed by atoms with Crippen LogP contribution < -0.4 is 9.47 Å². The molecule has 0 bridgehead atoms. The lowest BCUT2D eigenvalue weighted by molar-refractivity contribution is -0.143. The van der Waals surface area contributed by atoms with Crippen LogP contribution in [0.2, 0.25) is 0 Å². The zero-order valence-corrected chi connectivity index (χ0v) is 20.5. The van der Waals surface area contributed by atoms with Gasteiger partial charge in [-0.25, -0.2) is 0 Å². The molecule has 0 saturated heterocycles. The van der Waals surface area contributed by atoms with Gasteiger partial charge in [-0.1, -0.05) is 50.1 Å². The second-order valence-corrected chi connectivity index (χ2v) is 8.05. The summed E-state index contributed by atoms with van der Waals surface area (Å²) in [5, 5.41) is 0. The highest BCUT2D eigenvalue weighted by atomic mass is 16.5. The lowest BCUT2D eigenvalue weighted by atomic mass is 10.1. The molecule has 0 fully saturated rings. The minimum Gasteiger partial charge on any atom is -0.490 e. The van der Waals surface area contributed by atoms with Crippen LogP contribution in [0.15, 0.2) is 48.7 Å². The number of nitrogens with zero attached hydrogens (tertiary/aromatic N) is 1. The molecule has 0 unspecified atom stereocenters. The normalized spacial score (nSPS) is 10.9. The molecule has 0 amide bonds. The highest BCUT2D eigenvalue weighted by Gasteiger charge is 2.09. The minimum atomic E-state index is -0.158. The summed E-state index contributed by atoms with van der Waals surface area (Å²) in [6.45, 7) is 5.24. The Kier molecular flexibility index (Phi) is 13.1. The van der Waals surface area contributed by atoms with Crippen molar-refractivity contribution in [1.29, 1.82) is 0 Å². The maximum Gasteiger partial charge on any atom is 0.305 e. The molecule has 0 saturated carbocycles. The average Bonchev–Trinajstić information content (AvgIpc) is 2.85. The van der Waals surface area contributed by atoms with Gasteiger partial charge in [0.25, 0.3) is 0 Å². The smallest absolute Gasteiger partial charge is 0.305 e. The summed E-state index contributed by atoms with van der Waals surface area (Å²) in [5.41, 5.74) is 1.70. The van der Waals surface area contributed by atoms with Crippen LogP contribution in [0.5, 0.6) is 11.5 Å². The summed E-state index contributed by atoms with van der Waals surface area (Å²) in [7, 11) is 0. The molecule has 0 aliphatic heterocycles. The third kappa shape index (κ3) is 11.1. The van der Waals surface area contributed by atoms with Gasteiger partial charge in [0, 0.05) is 18.9 Å². The molecule has 0 aliphatic rings. The van der Waals surface area contributed by atoms with Gasteiger partial charge in [-0.2, -0.15) is 0 Å². The third-order valence-corrected chi connectivity index (χ3v) is 5.14. The van der Waals surface area contributed by atoms with Crippen molar-refractivity contribution < 1.29 is 23.8 Å². The van der Waals surface area contributed by atoms with Gasteiger partial charge in [0.05, 0.1) is 25.1 Å². The Hall–Kier alpha value is -3.15. The number of ketones is 1. The number of allylic oxidation sites excluding steroid dienone is 1. The highest BCUT2D eigenvalue weighted by molar-refractivity contribution is 5.93. The van der Waals surface area contributed by atoms with Crippen LogP contribution in [0, 0.1) is 0 Å². The SMILES string of the molecule is CCCCCC(=O)C=Cc1cc(OCCCCCC(=O)OCC)c(OCc2ccccc2)cn1. The zero-order chi connectivity index (χ0) is 24.4. The summed E-state index contributed by atoms with van der Waals surface area (Å²) in [6, 6.07) is 11.7. The molecule has 2 aromatic rings. The Morgan fingerprint density at radius 2 is 1.71 bits per heavy atom. The van der Waals surface area contributed by atoms with Gasteiger partial charge < -0.3 is 14.2 Å². The average molecular weight is 468 g/mol. The minimum absolute atomic E-state index is 0.101. The number of carbonyl (C=O) groups excluding carboxylic acids is 2. The molecule has 34 heavy (non-hydrogen) atoms. The van der Waals surface area contributed by atoms with Crippen molar-refractivity contribution in [3.63, 3.8) is 0 Å². The van der Waals surface area contributed by atoms with E-state index in [9.17, 15) is 9.59 Å². The van der Waals surface area contributed by atoms with Gasteiger partial charge in [0.2, 0.25) is 0 Å². The predicted octanol–water partition coefficient (Wildman–Crippen LogP) is 6.33. The maximum atomic E-state index is 12.1. The predicted molar refractivity (Wildman–Crippen MR) is 134 cm³/mol. The number of esters is 1. The van der Waals surface area contributed by atoms with E-state index in [1.165, 1.54) is 0 Å². The number of pyridine rings is 1. The van der Waals surface area contributed by atoms with E-state index in [4.69, 9.17) is 14.2 Å². The third-order valence-electron chi connectivity index (χ3n) is 5.14. The summed E-state index contributed by atoms with van der Waals surface area (Å²) in [4.78, 5) is 27.9. The second-order valence-electron chi connectivity index (χ2n) is 8.05. The van der Waals surface area contributed by atoms with Crippen LogP contribution in [0.25, 0.3) is 6.08 Å². The van der Waals surface area contributed by atoms with Crippen LogP contribution in [-0.2, 0) is 20.9 Å². The van der Waals surface area contributed by atoms with Crippen molar-refractivity contribution in [2.75, 3.05) is 13.2 Å². The largest absolute Gasteiger partial charge is 0.490 e. The molecule has 1 aromatic carbocycles. The Bertz CT molecular complexity index is 895. The van der Waals surface area contributed by atoms with Crippen molar-refractivity contribution in [2.45, 2.75) is 71.8 Å². The van der Waals surface area contributed by atoms with Crippen LogP contribution in [0.3, 0.4) is 0 Å². The Labute approximate surface area is 203 Å². The highest BCUT2D eigenvalue weighted by Crippen LogP contribution is 2.28.